The molecule has 0 aliphatic carbocycles. The van der Waals surface area contributed by atoms with Crippen molar-refractivity contribution in [3.63, 3.8) is 0 Å². The van der Waals surface area contributed by atoms with Gasteiger partial charge in [0.1, 0.15) is 0 Å². The summed E-state index contributed by atoms with van der Waals surface area (Å²) in [5.41, 5.74) is 2.67. The zero-order valence-electron chi connectivity index (χ0n) is 9.38. The Bertz CT molecular complexity index is 596. The molecule has 3 heteroatoms. The van der Waals surface area contributed by atoms with Crippen LogP contribution in [0.4, 0.5) is 0 Å². The average molecular weight is 241 g/mol. The van der Waals surface area contributed by atoms with E-state index in [0.717, 1.165) is 16.0 Å². The van der Waals surface area contributed by atoms with Crippen LogP contribution in [0.3, 0.4) is 0 Å². The molecule has 17 heavy (non-hydrogen) atoms. The van der Waals surface area contributed by atoms with Gasteiger partial charge in [0.2, 0.25) is 0 Å². The SMILES string of the molecule is CS(=O)c1ccc(-c2cccc(C#N)c2)cc1. The first-order valence-electron chi connectivity index (χ1n) is 5.15. The Balaban J connectivity index is 2.40. The summed E-state index contributed by atoms with van der Waals surface area (Å²) in [5.74, 6) is 0. The third-order valence-electron chi connectivity index (χ3n) is 2.51. The van der Waals surface area contributed by atoms with Gasteiger partial charge in [0, 0.05) is 22.0 Å². The van der Waals surface area contributed by atoms with Crippen LogP contribution < -0.4 is 0 Å². The van der Waals surface area contributed by atoms with E-state index in [9.17, 15) is 4.21 Å². The molecule has 0 fully saturated rings. The number of benzene rings is 2. The third-order valence-corrected chi connectivity index (χ3v) is 3.45. The Morgan fingerprint density at radius 2 is 1.76 bits per heavy atom. The van der Waals surface area contributed by atoms with Crippen molar-refractivity contribution in [2.45, 2.75) is 4.90 Å². The lowest BCUT2D eigenvalue weighted by atomic mass is 10.0. The van der Waals surface area contributed by atoms with E-state index < -0.39 is 10.8 Å². The Labute approximate surface area is 103 Å². The maximum absolute atomic E-state index is 11.3. The lowest BCUT2D eigenvalue weighted by Crippen LogP contribution is -1.87. The number of rotatable bonds is 2. The molecule has 84 valence electrons. The summed E-state index contributed by atoms with van der Waals surface area (Å²) in [4.78, 5) is 0.810. The highest BCUT2D eigenvalue weighted by Gasteiger charge is 2.01. The minimum atomic E-state index is -0.952. The molecule has 2 rings (SSSR count). The Morgan fingerprint density at radius 1 is 1.06 bits per heavy atom. The van der Waals surface area contributed by atoms with Crippen molar-refractivity contribution >= 4 is 10.8 Å². The fourth-order valence-electron chi connectivity index (χ4n) is 1.61. The summed E-state index contributed by atoms with van der Waals surface area (Å²) in [6, 6.07) is 17.1. The lowest BCUT2D eigenvalue weighted by Gasteiger charge is -2.03. The van der Waals surface area contributed by atoms with Gasteiger partial charge in [0.25, 0.3) is 0 Å². The molecule has 0 bridgehead atoms. The number of nitriles is 1. The van der Waals surface area contributed by atoms with Crippen LogP contribution in [-0.2, 0) is 10.8 Å². The van der Waals surface area contributed by atoms with Crippen LogP contribution in [0, 0.1) is 11.3 Å². The first-order valence-corrected chi connectivity index (χ1v) is 6.70. The molecule has 0 aliphatic heterocycles. The van der Waals surface area contributed by atoms with E-state index in [1.54, 1.807) is 12.3 Å². The molecule has 2 aromatic rings. The molecular weight excluding hydrogens is 230 g/mol. The van der Waals surface area contributed by atoms with Crippen molar-refractivity contribution in [1.82, 2.24) is 0 Å². The molecule has 0 radical (unpaired) electrons. The molecule has 0 heterocycles. The second-order valence-electron chi connectivity index (χ2n) is 3.67. The van der Waals surface area contributed by atoms with Gasteiger partial charge in [-0.2, -0.15) is 5.26 Å². The fraction of sp³-hybridized carbons (Fsp3) is 0.0714. The van der Waals surface area contributed by atoms with Crippen molar-refractivity contribution in [3.05, 3.63) is 54.1 Å². The normalized spacial score (nSPS) is 11.8. The largest absolute Gasteiger partial charge is 0.255 e. The van der Waals surface area contributed by atoms with Crippen molar-refractivity contribution in [2.24, 2.45) is 0 Å². The van der Waals surface area contributed by atoms with Crippen LogP contribution in [0.15, 0.2) is 53.4 Å². The van der Waals surface area contributed by atoms with Crippen LogP contribution in [0.2, 0.25) is 0 Å². The smallest absolute Gasteiger partial charge is 0.0991 e. The van der Waals surface area contributed by atoms with E-state index in [2.05, 4.69) is 6.07 Å². The van der Waals surface area contributed by atoms with E-state index in [-0.39, 0.29) is 0 Å². The Kier molecular flexibility index (Phi) is 3.36. The summed E-state index contributed by atoms with van der Waals surface area (Å²) in [6.45, 7) is 0. The minimum Gasteiger partial charge on any atom is -0.255 e. The van der Waals surface area contributed by atoms with Gasteiger partial charge in [0.15, 0.2) is 0 Å². The predicted molar refractivity (Wildman–Crippen MR) is 68.9 cm³/mol. The first kappa shape index (κ1) is 11.6. The molecule has 0 spiro atoms. The van der Waals surface area contributed by atoms with Gasteiger partial charge in [0.05, 0.1) is 11.6 Å². The van der Waals surface area contributed by atoms with E-state index in [1.165, 1.54) is 0 Å². The Hall–Kier alpha value is -1.92. The summed E-state index contributed by atoms with van der Waals surface area (Å²) < 4.78 is 11.3. The molecule has 1 atom stereocenters. The predicted octanol–water partition coefficient (Wildman–Crippen LogP) is 2.96. The zero-order valence-corrected chi connectivity index (χ0v) is 10.2. The van der Waals surface area contributed by atoms with Gasteiger partial charge in [-0.25, -0.2) is 0 Å². The van der Waals surface area contributed by atoms with E-state index in [1.807, 2.05) is 42.5 Å². The third kappa shape index (κ3) is 2.61. The molecule has 0 N–H and O–H groups in total. The molecule has 0 amide bonds. The molecule has 0 aliphatic rings. The van der Waals surface area contributed by atoms with Gasteiger partial charge < -0.3 is 0 Å². The van der Waals surface area contributed by atoms with E-state index in [4.69, 9.17) is 5.26 Å². The van der Waals surface area contributed by atoms with Crippen LogP contribution in [0.1, 0.15) is 5.56 Å². The monoisotopic (exact) mass is 241 g/mol. The van der Waals surface area contributed by atoms with Crippen LogP contribution in [0.5, 0.6) is 0 Å². The second-order valence-corrected chi connectivity index (χ2v) is 5.05. The van der Waals surface area contributed by atoms with Gasteiger partial charge >= 0.3 is 0 Å². The summed E-state index contributed by atoms with van der Waals surface area (Å²) >= 11 is 0. The molecule has 0 aromatic heterocycles. The maximum atomic E-state index is 11.3. The van der Waals surface area contributed by atoms with Crippen molar-refractivity contribution < 1.29 is 4.21 Å². The summed E-state index contributed by atoms with van der Waals surface area (Å²) in [5, 5.41) is 8.84. The first-order chi connectivity index (χ1) is 8.20. The van der Waals surface area contributed by atoms with Gasteiger partial charge in [-0.15, -0.1) is 0 Å². The number of hydrogen-bond acceptors (Lipinski definition) is 2. The quantitative estimate of drug-likeness (QED) is 0.811. The maximum Gasteiger partial charge on any atom is 0.0991 e. The highest BCUT2D eigenvalue weighted by molar-refractivity contribution is 7.84. The van der Waals surface area contributed by atoms with E-state index >= 15 is 0 Å². The van der Waals surface area contributed by atoms with Gasteiger partial charge in [-0.1, -0.05) is 24.3 Å². The number of nitrogens with zero attached hydrogens (tertiary/aromatic N) is 1. The minimum absolute atomic E-state index is 0.644. The highest BCUT2D eigenvalue weighted by Crippen LogP contribution is 2.21. The molecular formula is C14H11NOS. The molecule has 0 saturated heterocycles. The Morgan fingerprint density at radius 3 is 2.35 bits per heavy atom. The fourth-order valence-corrected chi connectivity index (χ4v) is 2.13. The second kappa shape index (κ2) is 4.94. The summed E-state index contributed by atoms with van der Waals surface area (Å²) in [6.07, 6.45) is 1.66. The highest BCUT2D eigenvalue weighted by atomic mass is 32.2. The van der Waals surface area contributed by atoms with Gasteiger partial charge in [-0.3, -0.25) is 4.21 Å². The summed E-state index contributed by atoms with van der Waals surface area (Å²) in [7, 11) is -0.952. The molecule has 2 aromatic carbocycles. The van der Waals surface area contributed by atoms with Crippen LogP contribution in [-0.4, -0.2) is 10.5 Å². The molecule has 0 saturated carbocycles. The van der Waals surface area contributed by atoms with Crippen LogP contribution in [0.25, 0.3) is 11.1 Å². The van der Waals surface area contributed by atoms with Crippen LogP contribution >= 0.6 is 0 Å². The molecule has 2 nitrogen and oxygen atoms in total. The van der Waals surface area contributed by atoms with E-state index in [0.29, 0.717) is 5.56 Å². The van der Waals surface area contributed by atoms with Crippen molar-refractivity contribution in [3.8, 4) is 17.2 Å². The zero-order chi connectivity index (χ0) is 12.3. The number of hydrogen-bond donors (Lipinski definition) is 0. The standard InChI is InChI=1S/C14H11NOS/c1-17(16)14-7-5-12(6-8-14)13-4-2-3-11(9-13)10-15/h2-9H,1H3. The lowest BCUT2D eigenvalue weighted by molar-refractivity contribution is 0.687. The van der Waals surface area contributed by atoms with Crippen molar-refractivity contribution in [2.75, 3.05) is 6.26 Å². The van der Waals surface area contributed by atoms with Gasteiger partial charge in [-0.05, 0) is 35.4 Å². The average Bonchev–Trinajstić information content (AvgIpc) is 2.39. The molecule has 1 unspecified atom stereocenters. The van der Waals surface area contributed by atoms with Crippen molar-refractivity contribution in [1.29, 1.82) is 5.26 Å². The topological polar surface area (TPSA) is 40.9 Å².